The molecule has 1 aliphatic rings. The molecule has 0 bridgehead atoms. The lowest BCUT2D eigenvalue weighted by Gasteiger charge is -2.19. The van der Waals surface area contributed by atoms with Gasteiger partial charge in [-0.05, 0) is 36.4 Å². The molecule has 0 radical (unpaired) electrons. The van der Waals surface area contributed by atoms with E-state index in [2.05, 4.69) is 5.32 Å². The van der Waals surface area contributed by atoms with Gasteiger partial charge >= 0.3 is 5.97 Å². The summed E-state index contributed by atoms with van der Waals surface area (Å²) in [5.74, 6) is -0.663. The third kappa shape index (κ3) is 4.84. The van der Waals surface area contributed by atoms with Gasteiger partial charge in [0, 0.05) is 18.7 Å². The Morgan fingerprint density at radius 1 is 1.07 bits per heavy atom. The first-order valence-electron chi connectivity index (χ1n) is 9.05. The monoisotopic (exact) mass is 398 g/mol. The topological polar surface area (TPSA) is 94.2 Å². The number of hydrogen-bond donors (Lipinski definition) is 1. The third-order valence-electron chi connectivity index (χ3n) is 4.55. The van der Waals surface area contributed by atoms with Gasteiger partial charge in [-0.25, -0.2) is 0 Å². The van der Waals surface area contributed by atoms with Gasteiger partial charge in [0.05, 0.1) is 25.8 Å². The molecule has 1 saturated heterocycles. The zero-order valence-corrected chi connectivity index (χ0v) is 16.2. The molecule has 1 fully saturated rings. The van der Waals surface area contributed by atoms with Crippen LogP contribution in [-0.4, -0.2) is 45.2 Å². The van der Waals surface area contributed by atoms with Crippen molar-refractivity contribution in [1.82, 2.24) is 0 Å². The molecule has 0 aliphatic carbocycles. The van der Waals surface area contributed by atoms with Crippen LogP contribution < -0.4 is 19.7 Å². The molecule has 1 N–H and O–H groups in total. The SMILES string of the molecule is COc1ccc(NC(=O)COC(=O)[C@@H]2CC(=O)N(c3ccccc3OC)C2)cc1. The molecule has 0 spiro atoms. The first-order valence-corrected chi connectivity index (χ1v) is 9.05. The van der Waals surface area contributed by atoms with E-state index in [0.717, 1.165) is 0 Å². The van der Waals surface area contributed by atoms with Crippen molar-refractivity contribution in [2.24, 2.45) is 5.92 Å². The standard InChI is InChI=1S/C21H22N2O6/c1-27-16-9-7-15(8-10-16)22-19(24)13-29-21(26)14-11-20(25)23(12-14)17-5-3-4-6-18(17)28-2/h3-10,14H,11-13H2,1-2H3,(H,22,24)/t14-/m1/s1. The Bertz CT molecular complexity index is 896. The maximum Gasteiger partial charge on any atom is 0.311 e. The maximum atomic E-state index is 12.4. The lowest BCUT2D eigenvalue weighted by atomic mass is 10.1. The van der Waals surface area contributed by atoms with E-state index in [1.54, 1.807) is 55.6 Å². The summed E-state index contributed by atoms with van der Waals surface area (Å²) in [6, 6.07) is 13.9. The molecule has 3 rings (SSSR count). The predicted molar refractivity (Wildman–Crippen MR) is 106 cm³/mol. The van der Waals surface area contributed by atoms with Crippen LogP contribution in [0.2, 0.25) is 0 Å². The number of amides is 2. The highest BCUT2D eigenvalue weighted by Gasteiger charge is 2.37. The molecule has 2 amide bonds. The third-order valence-corrected chi connectivity index (χ3v) is 4.55. The van der Waals surface area contributed by atoms with Crippen LogP contribution in [-0.2, 0) is 19.1 Å². The summed E-state index contributed by atoms with van der Waals surface area (Å²) >= 11 is 0. The number of carbonyl (C=O) groups excluding carboxylic acids is 3. The van der Waals surface area contributed by atoms with Gasteiger partial charge in [0.2, 0.25) is 5.91 Å². The molecule has 1 aliphatic heterocycles. The molecular formula is C21H22N2O6. The van der Waals surface area contributed by atoms with E-state index in [-0.39, 0.29) is 18.9 Å². The van der Waals surface area contributed by atoms with Crippen molar-refractivity contribution >= 4 is 29.2 Å². The number of para-hydroxylation sites is 2. The predicted octanol–water partition coefficient (Wildman–Crippen LogP) is 2.24. The number of benzene rings is 2. The highest BCUT2D eigenvalue weighted by atomic mass is 16.5. The Balaban J connectivity index is 1.53. The van der Waals surface area contributed by atoms with Gasteiger partial charge in [0.15, 0.2) is 6.61 Å². The normalized spacial score (nSPS) is 15.7. The van der Waals surface area contributed by atoms with Crippen LogP contribution in [0.1, 0.15) is 6.42 Å². The van der Waals surface area contributed by atoms with Crippen molar-refractivity contribution in [3.8, 4) is 11.5 Å². The fraction of sp³-hybridized carbons (Fsp3) is 0.286. The molecule has 0 unspecified atom stereocenters. The molecule has 152 valence electrons. The van der Waals surface area contributed by atoms with Crippen molar-refractivity contribution in [3.63, 3.8) is 0 Å². The van der Waals surface area contributed by atoms with E-state index in [4.69, 9.17) is 14.2 Å². The van der Waals surface area contributed by atoms with Gasteiger partial charge in [-0.1, -0.05) is 12.1 Å². The van der Waals surface area contributed by atoms with Gasteiger partial charge in [0.1, 0.15) is 11.5 Å². The minimum Gasteiger partial charge on any atom is -0.497 e. The largest absolute Gasteiger partial charge is 0.497 e. The van der Waals surface area contributed by atoms with E-state index >= 15 is 0 Å². The minimum absolute atomic E-state index is 0.0248. The number of nitrogens with one attached hydrogen (secondary N) is 1. The molecular weight excluding hydrogens is 376 g/mol. The number of methoxy groups -OCH3 is 2. The quantitative estimate of drug-likeness (QED) is 0.719. The average molecular weight is 398 g/mol. The van der Waals surface area contributed by atoms with E-state index < -0.39 is 24.4 Å². The molecule has 2 aromatic carbocycles. The van der Waals surface area contributed by atoms with Crippen LogP contribution in [0.3, 0.4) is 0 Å². The Morgan fingerprint density at radius 3 is 2.48 bits per heavy atom. The van der Waals surface area contributed by atoms with Crippen molar-refractivity contribution < 1.29 is 28.6 Å². The Morgan fingerprint density at radius 2 is 1.79 bits per heavy atom. The highest BCUT2D eigenvalue weighted by molar-refractivity contribution is 6.01. The second-order valence-corrected chi connectivity index (χ2v) is 6.46. The summed E-state index contributed by atoms with van der Waals surface area (Å²) in [6.07, 6.45) is 0.0248. The number of hydrogen-bond acceptors (Lipinski definition) is 6. The first kappa shape index (κ1) is 20.2. The van der Waals surface area contributed by atoms with E-state index in [9.17, 15) is 14.4 Å². The number of esters is 1. The van der Waals surface area contributed by atoms with Crippen LogP contribution in [0.5, 0.6) is 11.5 Å². The smallest absolute Gasteiger partial charge is 0.311 e. The number of anilines is 2. The summed E-state index contributed by atoms with van der Waals surface area (Å²) in [5, 5.41) is 2.63. The van der Waals surface area contributed by atoms with Crippen molar-refractivity contribution in [1.29, 1.82) is 0 Å². The van der Waals surface area contributed by atoms with Crippen LogP contribution in [0, 0.1) is 5.92 Å². The van der Waals surface area contributed by atoms with Crippen molar-refractivity contribution in [2.45, 2.75) is 6.42 Å². The average Bonchev–Trinajstić information content (AvgIpc) is 3.14. The molecule has 8 nitrogen and oxygen atoms in total. The summed E-state index contributed by atoms with van der Waals surface area (Å²) < 4.78 is 15.4. The van der Waals surface area contributed by atoms with E-state index in [1.807, 2.05) is 0 Å². The molecule has 8 heteroatoms. The number of carbonyl (C=O) groups is 3. The van der Waals surface area contributed by atoms with Crippen molar-refractivity contribution in [3.05, 3.63) is 48.5 Å². The molecule has 1 atom stereocenters. The second kappa shape index (κ2) is 9.09. The minimum atomic E-state index is -0.638. The first-order chi connectivity index (χ1) is 14.0. The highest BCUT2D eigenvalue weighted by Crippen LogP contribution is 2.33. The number of ether oxygens (including phenoxy) is 3. The lowest BCUT2D eigenvalue weighted by Crippen LogP contribution is -2.28. The van der Waals surface area contributed by atoms with Crippen LogP contribution in [0.25, 0.3) is 0 Å². The van der Waals surface area contributed by atoms with Crippen LogP contribution in [0.4, 0.5) is 11.4 Å². The molecule has 2 aromatic rings. The Kier molecular flexibility index (Phi) is 6.33. The van der Waals surface area contributed by atoms with Crippen molar-refractivity contribution in [2.75, 3.05) is 37.6 Å². The molecule has 0 saturated carbocycles. The zero-order chi connectivity index (χ0) is 20.8. The molecule has 29 heavy (non-hydrogen) atoms. The van der Waals surface area contributed by atoms with Crippen LogP contribution >= 0.6 is 0 Å². The Hall–Kier alpha value is -3.55. The van der Waals surface area contributed by atoms with Gasteiger partial charge in [0.25, 0.3) is 5.91 Å². The Labute approximate surface area is 168 Å². The molecule has 0 aromatic heterocycles. The van der Waals surface area contributed by atoms with E-state index in [1.165, 1.54) is 12.0 Å². The summed E-state index contributed by atoms with van der Waals surface area (Å²) in [6.45, 7) is -0.248. The van der Waals surface area contributed by atoms with Crippen LogP contribution in [0.15, 0.2) is 48.5 Å². The summed E-state index contributed by atoms with van der Waals surface area (Å²) in [5.41, 5.74) is 1.16. The fourth-order valence-corrected chi connectivity index (χ4v) is 3.08. The lowest BCUT2D eigenvalue weighted by molar-refractivity contribution is -0.151. The summed E-state index contributed by atoms with van der Waals surface area (Å²) in [7, 11) is 3.07. The van der Waals surface area contributed by atoms with Gasteiger partial charge < -0.3 is 24.4 Å². The maximum absolute atomic E-state index is 12.4. The zero-order valence-electron chi connectivity index (χ0n) is 16.2. The van der Waals surface area contributed by atoms with Gasteiger partial charge in [-0.3, -0.25) is 14.4 Å². The summed E-state index contributed by atoms with van der Waals surface area (Å²) in [4.78, 5) is 38.2. The fourth-order valence-electron chi connectivity index (χ4n) is 3.08. The van der Waals surface area contributed by atoms with Gasteiger partial charge in [-0.2, -0.15) is 0 Å². The molecule has 1 heterocycles. The van der Waals surface area contributed by atoms with E-state index in [0.29, 0.717) is 22.9 Å². The number of nitrogens with zero attached hydrogens (tertiary/aromatic N) is 1. The second-order valence-electron chi connectivity index (χ2n) is 6.46. The number of rotatable bonds is 7. The van der Waals surface area contributed by atoms with Gasteiger partial charge in [-0.15, -0.1) is 0 Å².